The number of piperidine rings is 1. The minimum Gasteiger partial charge on any atom is -0.497 e. The van der Waals surface area contributed by atoms with Crippen LogP contribution in [0.25, 0.3) is 0 Å². The number of carbonyl (C=O) groups excluding carboxylic acids is 3. The SMILES string of the molecule is COc1ccc(CN2C(=O)CCN(c3ccc(N4CCN(CC5CCNCC5)C(=O)C4)cc3C)C2=O)cc1. The van der Waals surface area contributed by atoms with Crippen molar-refractivity contribution in [2.45, 2.75) is 32.7 Å². The summed E-state index contributed by atoms with van der Waals surface area (Å²) < 4.78 is 5.20. The Morgan fingerprint density at radius 1 is 0.947 bits per heavy atom. The summed E-state index contributed by atoms with van der Waals surface area (Å²) in [5.41, 5.74) is 3.59. The lowest BCUT2D eigenvalue weighted by molar-refractivity contribution is -0.132. The standard InChI is InChI=1S/C29H37N5O4/c1-21-17-24(31-15-16-32(28(36)20-31)18-23-9-12-30-13-10-23)5-8-26(21)33-14-11-27(35)34(29(33)37)19-22-3-6-25(38-2)7-4-22/h3-8,17,23,30H,9-16,18-20H2,1-2H3. The van der Waals surface area contributed by atoms with Crippen LogP contribution >= 0.6 is 0 Å². The molecule has 0 saturated carbocycles. The molecule has 4 amide bonds. The molecule has 3 aliphatic rings. The predicted molar refractivity (Wildman–Crippen MR) is 146 cm³/mol. The fourth-order valence-corrected chi connectivity index (χ4v) is 5.62. The molecule has 0 atom stereocenters. The fourth-order valence-electron chi connectivity index (χ4n) is 5.62. The summed E-state index contributed by atoms with van der Waals surface area (Å²) in [6.45, 7) is 7.38. The molecule has 2 aromatic carbocycles. The van der Waals surface area contributed by atoms with E-state index < -0.39 is 0 Å². The van der Waals surface area contributed by atoms with Gasteiger partial charge in [-0.15, -0.1) is 0 Å². The van der Waals surface area contributed by atoms with Crippen molar-refractivity contribution in [2.24, 2.45) is 5.92 Å². The number of piperazine rings is 1. The maximum atomic E-state index is 13.4. The molecule has 0 aliphatic carbocycles. The number of ether oxygens (including phenoxy) is 1. The average Bonchev–Trinajstić information content (AvgIpc) is 2.93. The van der Waals surface area contributed by atoms with Crippen molar-refractivity contribution in [3.8, 4) is 5.75 Å². The van der Waals surface area contributed by atoms with Crippen LogP contribution in [-0.2, 0) is 16.1 Å². The lowest BCUT2D eigenvalue weighted by Gasteiger charge is -2.38. The molecule has 0 radical (unpaired) electrons. The molecule has 3 heterocycles. The lowest BCUT2D eigenvalue weighted by atomic mass is 9.97. The minimum absolute atomic E-state index is 0.169. The second-order valence-electron chi connectivity index (χ2n) is 10.4. The minimum atomic E-state index is -0.311. The molecule has 38 heavy (non-hydrogen) atoms. The third-order valence-electron chi connectivity index (χ3n) is 7.90. The Kier molecular flexibility index (Phi) is 7.83. The third-order valence-corrected chi connectivity index (χ3v) is 7.90. The molecule has 9 heteroatoms. The molecule has 9 nitrogen and oxygen atoms in total. The van der Waals surface area contributed by atoms with E-state index in [2.05, 4.69) is 10.2 Å². The number of rotatable bonds is 7. The number of benzene rings is 2. The summed E-state index contributed by atoms with van der Waals surface area (Å²) in [5.74, 6) is 1.33. The lowest BCUT2D eigenvalue weighted by Crippen LogP contribution is -2.52. The van der Waals surface area contributed by atoms with Crippen molar-refractivity contribution in [2.75, 3.05) is 62.7 Å². The van der Waals surface area contributed by atoms with E-state index in [0.29, 0.717) is 19.0 Å². The van der Waals surface area contributed by atoms with Gasteiger partial charge in [-0.2, -0.15) is 0 Å². The van der Waals surface area contributed by atoms with Crippen LogP contribution in [-0.4, -0.2) is 80.6 Å². The van der Waals surface area contributed by atoms with Gasteiger partial charge in [-0.05, 0) is 80.2 Å². The van der Waals surface area contributed by atoms with E-state index >= 15 is 0 Å². The number of imide groups is 1. The number of methoxy groups -OCH3 is 1. The van der Waals surface area contributed by atoms with Gasteiger partial charge in [0.05, 0.1) is 20.2 Å². The molecule has 202 valence electrons. The van der Waals surface area contributed by atoms with E-state index in [1.165, 1.54) is 4.90 Å². The van der Waals surface area contributed by atoms with E-state index in [0.717, 1.165) is 73.8 Å². The highest BCUT2D eigenvalue weighted by molar-refractivity contribution is 6.06. The first-order valence-electron chi connectivity index (χ1n) is 13.5. The molecule has 3 saturated heterocycles. The predicted octanol–water partition coefficient (Wildman–Crippen LogP) is 3.01. The van der Waals surface area contributed by atoms with E-state index in [1.54, 1.807) is 12.0 Å². The molecule has 3 aliphatic heterocycles. The number of amides is 4. The number of aryl methyl sites for hydroxylation is 1. The monoisotopic (exact) mass is 519 g/mol. The first kappa shape index (κ1) is 26.0. The Hall–Kier alpha value is -3.59. The largest absolute Gasteiger partial charge is 0.497 e. The second-order valence-corrected chi connectivity index (χ2v) is 10.4. The second kappa shape index (κ2) is 11.4. The highest BCUT2D eigenvalue weighted by atomic mass is 16.5. The quantitative estimate of drug-likeness (QED) is 0.606. The van der Waals surface area contributed by atoms with Crippen LogP contribution in [0.5, 0.6) is 5.75 Å². The Bertz CT molecular complexity index is 1180. The summed E-state index contributed by atoms with van der Waals surface area (Å²) in [5, 5.41) is 3.39. The summed E-state index contributed by atoms with van der Waals surface area (Å²) >= 11 is 0. The summed E-state index contributed by atoms with van der Waals surface area (Å²) in [4.78, 5) is 46.1. The van der Waals surface area contributed by atoms with Crippen LogP contribution in [0.3, 0.4) is 0 Å². The van der Waals surface area contributed by atoms with E-state index in [1.807, 2.05) is 54.3 Å². The molecule has 1 N–H and O–H groups in total. The van der Waals surface area contributed by atoms with Gasteiger partial charge in [0.1, 0.15) is 5.75 Å². The van der Waals surface area contributed by atoms with Crippen molar-refractivity contribution in [1.82, 2.24) is 15.1 Å². The summed E-state index contributed by atoms with van der Waals surface area (Å²) in [6, 6.07) is 13.0. The van der Waals surface area contributed by atoms with Gasteiger partial charge >= 0.3 is 6.03 Å². The van der Waals surface area contributed by atoms with Gasteiger partial charge in [-0.1, -0.05) is 12.1 Å². The van der Waals surface area contributed by atoms with E-state index in [-0.39, 0.29) is 30.8 Å². The van der Waals surface area contributed by atoms with Gasteiger partial charge in [-0.25, -0.2) is 4.79 Å². The summed E-state index contributed by atoms with van der Waals surface area (Å²) in [6.07, 6.45) is 2.54. The van der Waals surface area contributed by atoms with Crippen molar-refractivity contribution in [3.05, 3.63) is 53.6 Å². The first-order valence-corrected chi connectivity index (χ1v) is 13.5. The number of carbonyl (C=O) groups is 3. The zero-order valence-electron chi connectivity index (χ0n) is 22.3. The van der Waals surface area contributed by atoms with Crippen LogP contribution in [0.4, 0.5) is 16.2 Å². The highest BCUT2D eigenvalue weighted by Crippen LogP contribution is 2.30. The van der Waals surface area contributed by atoms with Crippen LogP contribution < -0.4 is 19.9 Å². The maximum Gasteiger partial charge on any atom is 0.331 e. The normalized spacial score (nSPS) is 19.4. The molecule has 0 bridgehead atoms. The van der Waals surface area contributed by atoms with Crippen LogP contribution in [0.1, 0.15) is 30.4 Å². The van der Waals surface area contributed by atoms with Crippen molar-refractivity contribution in [1.29, 1.82) is 0 Å². The molecular weight excluding hydrogens is 482 g/mol. The molecule has 0 spiro atoms. The molecule has 0 unspecified atom stereocenters. The van der Waals surface area contributed by atoms with Gasteiger partial charge in [0.15, 0.2) is 0 Å². The molecular formula is C29H37N5O4. The van der Waals surface area contributed by atoms with E-state index in [9.17, 15) is 14.4 Å². The number of nitrogens with zero attached hydrogens (tertiary/aromatic N) is 4. The smallest absolute Gasteiger partial charge is 0.331 e. The molecule has 0 aromatic heterocycles. The van der Waals surface area contributed by atoms with Gasteiger partial charge < -0.3 is 19.9 Å². The highest BCUT2D eigenvalue weighted by Gasteiger charge is 2.34. The Morgan fingerprint density at radius 3 is 2.39 bits per heavy atom. The van der Waals surface area contributed by atoms with Gasteiger partial charge in [0.2, 0.25) is 11.8 Å². The topological polar surface area (TPSA) is 85.4 Å². The Balaban J connectivity index is 1.24. The molecule has 5 rings (SSSR count). The average molecular weight is 520 g/mol. The van der Waals surface area contributed by atoms with E-state index in [4.69, 9.17) is 4.74 Å². The third kappa shape index (κ3) is 5.62. The van der Waals surface area contributed by atoms with Crippen molar-refractivity contribution >= 4 is 29.2 Å². The van der Waals surface area contributed by atoms with Crippen molar-refractivity contribution in [3.63, 3.8) is 0 Å². The maximum absolute atomic E-state index is 13.4. The zero-order valence-corrected chi connectivity index (χ0v) is 22.3. The number of anilines is 2. The Morgan fingerprint density at radius 2 is 1.71 bits per heavy atom. The van der Waals surface area contributed by atoms with Gasteiger partial charge in [-0.3, -0.25) is 19.4 Å². The number of hydrogen-bond donors (Lipinski definition) is 1. The zero-order chi connectivity index (χ0) is 26.6. The number of nitrogens with one attached hydrogen (secondary N) is 1. The molecule has 2 aromatic rings. The first-order chi connectivity index (χ1) is 18.4. The van der Waals surface area contributed by atoms with Crippen LogP contribution in [0.15, 0.2) is 42.5 Å². The summed E-state index contributed by atoms with van der Waals surface area (Å²) in [7, 11) is 1.60. The van der Waals surface area contributed by atoms with Gasteiger partial charge in [0.25, 0.3) is 0 Å². The fraction of sp³-hybridized carbons (Fsp3) is 0.483. The number of urea groups is 1. The Labute approximate surface area is 224 Å². The van der Waals surface area contributed by atoms with Crippen molar-refractivity contribution < 1.29 is 19.1 Å². The molecule has 3 fully saturated rings. The van der Waals surface area contributed by atoms with Gasteiger partial charge in [0, 0.05) is 44.0 Å². The van der Waals surface area contributed by atoms with Crippen LogP contribution in [0, 0.1) is 12.8 Å². The van der Waals surface area contributed by atoms with Crippen LogP contribution in [0.2, 0.25) is 0 Å². The number of hydrogen-bond acceptors (Lipinski definition) is 6.